The van der Waals surface area contributed by atoms with E-state index in [1.54, 1.807) is 0 Å². The zero-order valence-electron chi connectivity index (χ0n) is 17.3. The van der Waals surface area contributed by atoms with Gasteiger partial charge in [0.05, 0.1) is 6.61 Å². The highest BCUT2D eigenvalue weighted by Gasteiger charge is 1.94. The van der Waals surface area contributed by atoms with Crippen LogP contribution in [0.3, 0.4) is 0 Å². The van der Waals surface area contributed by atoms with E-state index in [0.717, 1.165) is 30.0 Å². The van der Waals surface area contributed by atoms with Gasteiger partial charge in [0.15, 0.2) is 0 Å². The molecule has 150 valence electrons. The van der Waals surface area contributed by atoms with Crippen LogP contribution in [0.15, 0.2) is 48.5 Å². The molecule has 0 aliphatic rings. The van der Waals surface area contributed by atoms with Crippen LogP contribution < -0.4 is 11.5 Å². The van der Waals surface area contributed by atoms with Gasteiger partial charge in [0, 0.05) is 18.0 Å². The molecule has 4 N–H and O–H groups in total. The molecule has 3 heteroatoms. The van der Waals surface area contributed by atoms with E-state index >= 15 is 0 Å². The van der Waals surface area contributed by atoms with Crippen LogP contribution in [0.4, 0.5) is 11.4 Å². The van der Waals surface area contributed by atoms with E-state index in [2.05, 4.69) is 26.0 Å². The number of unbranched alkanes of at least 4 members (excludes halogenated alkanes) is 5. The van der Waals surface area contributed by atoms with Crippen molar-refractivity contribution < 1.29 is 4.74 Å². The van der Waals surface area contributed by atoms with Crippen molar-refractivity contribution in [1.29, 1.82) is 0 Å². The summed E-state index contributed by atoms with van der Waals surface area (Å²) < 4.78 is 5.37. The molecule has 2 rings (SSSR count). The molecule has 2 aromatic carbocycles. The Balaban J connectivity index is 0.000000277. The predicted molar refractivity (Wildman–Crippen MR) is 119 cm³/mol. The number of nitrogen functional groups attached to an aromatic ring is 2. The zero-order chi connectivity index (χ0) is 19.7. The fourth-order valence-electron chi connectivity index (χ4n) is 2.88. The van der Waals surface area contributed by atoms with Gasteiger partial charge in [0.2, 0.25) is 0 Å². The molecule has 0 bridgehead atoms. The number of hydrogen-bond donors (Lipinski definition) is 2. The maximum Gasteiger partial charge on any atom is 0.0717 e. The van der Waals surface area contributed by atoms with E-state index in [0.29, 0.717) is 6.61 Å². The van der Waals surface area contributed by atoms with E-state index in [-0.39, 0.29) is 0 Å². The highest BCUT2D eigenvalue weighted by atomic mass is 16.5. The maximum atomic E-state index is 5.73. The lowest BCUT2D eigenvalue weighted by Crippen LogP contribution is -1.94. The average molecular weight is 371 g/mol. The quantitative estimate of drug-likeness (QED) is 0.357. The molecule has 0 spiro atoms. The standard InChI is InChI=1S/C14H23N.C10H15NO/c1-2-3-4-5-6-7-9-13-10-8-11-14(15)12-13;1-2-6-12-8-9-4-3-5-10(11)7-9/h8,10-12H,2-7,9,15H2,1H3;3-5,7H,2,6,8,11H2,1H3. The molecule has 3 nitrogen and oxygen atoms in total. The van der Waals surface area contributed by atoms with Gasteiger partial charge in [0.1, 0.15) is 0 Å². The van der Waals surface area contributed by atoms with Gasteiger partial charge in [-0.05, 0) is 54.7 Å². The SMILES string of the molecule is CCCCCCCCc1cccc(N)c1.CCCOCc1cccc(N)c1. The van der Waals surface area contributed by atoms with Crippen LogP contribution in [0, 0.1) is 0 Å². The highest BCUT2D eigenvalue weighted by molar-refractivity contribution is 5.41. The lowest BCUT2D eigenvalue weighted by molar-refractivity contribution is 0.121. The third-order valence-corrected chi connectivity index (χ3v) is 4.34. The second-order valence-corrected chi connectivity index (χ2v) is 7.06. The largest absolute Gasteiger partial charge is 0.399 e. The zero-order valence-corrected chi connectivity index (χ0v) is 17.3. The number of benzene rings is 2. The van der Waals surface area contributed by atoms with Crippen molar-refractivity contribution in [2.24, 2.45) is 0 Å². The summed E-state index contributed by atoms with van der Waals surface area (Å²) in [4.78, 5) is 0. The van der Waals surface area contributed by atoms with Crippen LogP contribution in [0.2, 0.25) is 0 Å². The summed E-state index contributed by atoms with van der Waals surface area (Å²) in [6.45, 7) is 5.83. The van der Waals surface area contributed by atoms with Crippen LogP contribution in [0.25, 0.3) is 0 Å². The first-order chi connectivity index (χ1) is 13.2. The summed E-state index contributed by atoms with van der Waals surface area (Å²) in [6, 6.07) is 16.0. The van der Waals surface area contributed by atoms with Crippen molar-refractivity contribution in [3.05, 3.63) is 59.7 Å². The van der Waals surface area contributed by atoms with Crippen molar-refractivity contribution in [2.75, 3.05) is 18.1 Å². The molecule has 0 unspecified atom stereocenters. The topological polar surface area (TPSA) is 61.3 Å². The second kappa shape index (κ2) is 15.1. The molecule has 0 aliphatic heterocycles. The first kappa shape index (κ1) is 23.0. The summed E-state index contributed by atoms with van der Waals surface area (Å²) >= 11 is 0. The van der Waals surface area contributed by atoms with Crippen LogP contribution in [0.5, 0.6) is 0 Å². The molecular weight excluding hydrogens is 332 g/mol. The van der Waals surface area contributed by atoms with E-state index in [1.807, 2.05) is 36.4 Å². The Hall–Kier alpha value is -2.00. The Morgan fingerprint density at radius 3 is 1.93 bits per heavy atom. The van der Waals surface area contributed by atoms with Gasteiger partial charge in [-0.1, -0.05) is 70.2 Å². The number of nitrogens with two attached hydrogens (primary N) is 2. The van der Waals surface area contributed by atoms with E-state index in [9.17, 15) is 0 Å². The first-order valence-electron chi connectivity index (χ1n) is 10.4. The maximum absolute atomic E-state index is 5.73. The molecule has 0 fully saturated rings. The molecule has 0 aromatic heterocycles. The smallest absolute Gasteiger partial charge is 0.0717 e. The van der Waals surface area contributed by atoms with Gasteiger partial charge >= 0.3 is 0 Å². The number of rotatable bonds is 11. The molecule has 0 saturated heterocycles. The van der Waals surface area contributed by atoms with E-state index < -0.39 is 0 Å². The van der Waals surface area contributed by atoms with Crippen molar-refractivity contribution in [3.8, 4) is 0 Å². The lowest BCUT2D eigenvalue weighted by atomic mass is 10.0. The molecule has 0 heterocycles. The molecule has 0 saturated carbocycles. The van der Waals surface area contributed by atoms with Gasteiger partial charge in [-0.2, -0.15) is 0 Å². The minimum atomic E-state index is 0.666. The van der Waals surface area contributed by atoms with Crippen LogP contribution in [-0.4, -0.2) is 6.61 Å². The van der Waals surface area contributed by atoms with Gasteiger partial charge in [-0.25, -0.2) is 0 Å². The Labute approximate surface area is 166 Å². The second-order valence-electron chi connectivity index (χ2n) is 7.06. The van der Waals surface area contributed by atoms with Gasteiger partial charge in [-0.3, -0.25) is 0 Å². The Kier molecular flexibility index (Phi) is 12.9. The normalized spacial score (nSPS) is 10.3. The van der Waals surface area contributed by atoms with Crippen molar-refractivity contribution in [3.63, 3.8) is 0 Å². The van der Waals surface area contributed by atoms with Crippen LogP contribution >= 0.6 is 0 Å². The Bertz CT molecular complexity index is 613. The molecular formula is C24H38N2O. The molecule has 0 atom stereocenters. The predicted octanol–water partition coefficient (Wildman–Crippen LogP) is 6.37. The molecule has 0 amide bonds. The van der Waals surface area contributed by atoms with Gasteiger partial charge in [0.25, 0.3) is 0 Å². The van der Waals surface area contributed by atoms with Gasteiger partial charge in [-0.15, -0.1) is 0 Å². The number of anilines is 2. The fraction of sp³-hybridized carbons (Fsp3) is 0.500. The third kappa shape index (κ3) is 12.1. The third-order valence-electron chi connectivity index (χ3n) is 4.34. The molecule has 0 aliphatic carbocycles. The van der Waals surface area contributed by atoms with E-state index in [1.165, 1.54) is 50.5 Å². The lowest BCUT2D eigenvalue weighted by Gasteiger charge is -2.02. The van der Waals surface area contributed by atoms with Gasteiger partial charge < -0.3 is 16.2 Å². The van der Waals surface area contributed by atoms with E-state index in [4.69, 9.17) is 16.2 Å². The number of hydrogen-bond acceptors (Lipinski definition) is 3. The minimum Gasteiger partial charge on any atom is -0.399 e. The average Bonchev–Trinajstić information content (AvgIpc) is 2.66. The van der Waals surface area contributed by atoms with Crippen molar-refractivity contribution >= 4 is 11.4 Å². The summed E-state index contributed by atoms with van der Waals surface area (Å²) in [6.07, 6.45) is 10.4. The Morgan fingerprint density at radius 2 is 1.30 bits per heavy atom. The first-order valence-corrected chi connectivity index (χ1v) is 10.4. The fourth-order valence-corrected chi connectivity index (χ4v) is 2.88. The van der Waals surface area contributed by atoms with Crippen LogP contribution in [0.1, 0.15) is 69.9 Å². The highest BCUT2D eigenvalue weighted by Crippen LogP contribution is 2.12. The molecule has 2 aromatic rings. The Morgan fingerprint density at radius 1 is 0.704 bits per heavy atom. The van der Waals surface area contributed by atoms with Crippen LogP contribution in [-0.2, 0) is 17.8 Å². The van der Waals surface area contributed by atoms with Crippen molar-refractivity contribution in [2.45, 2.75) is 71.8 Å². The monoisotopic (exact) mass is 370 g/mol. The number of aryl methyl sites for hydroxylation is 1. The minimum absolute atomic E-state index is 0.666. The molecule has 0 radical (unpaired) electrons. The summed E-state index contributed by atoms with van der Waals surface area (Å²) in [5.74, 6) is 0. The summed E-state index contributed by atoms with van der Waals surface area (Å²) in [5.41, 5.74) is 15.5. The summed E-state index contributed by atoms with van der Waals surface area (Å²) in [5, 5.41) is 0. The molecule has 27 heavy (non-hydrogen) atoms. The number of ether oxygens (including phenoxy) is 1. The summed E-state index contributed by atoms with van der Waals surface area (Å²) in [7, 11) is 0. The van der Waals surface area contributed by atoms with Crippen molar-refractivity contribution in [1.82, 2.24) is 0 Å².